The molecule has 2 aromatic heterocycles. The summed E-state index contributed by atoms with van der Waals surface area (Å²) in [5.74, 6) is 0.969. The topological polar surface area (TPSA) is 63.8 Å². The van der Waals surface area contributed by atoms with Crippen molar-refractivity contribution in [3.05, 3.63) is 48.3 Å². The lowest BCUT2D eigenvalue weighted by Gasteiger charge is -2.11. The van der Waals surface area contributed by atoms with E-state index in [-0.39, 0.29) is 12.5 Å². The number of aliphatic hydroxyl groups excluding tert-OH is 1. The first-order chi connectivity index (χ1) is 9.70. The zero-order valence-electron chi connectivity index (χ0n) is 11.5. The van der Waals surface area contributed by atoms with E-state index < -0.39 is 0 Å². The Balaban J connectivity index is 2.19. The van der Waals surface area contributed by atoms with E-state index >= 15 is 0 Å². The molecule has 1 N–H and O–H groups in total. The van der Waals surface area contributed by atoms with E-state index in [0.29, 0.717) is 5.69 Å². The average molecular weight is 268 g/mol. The minimum atomic E-state index is -0.121. The lowest BCUT2D eigenvalue weighted by atomic mass is 10.2. The summed E-state index contributed by atoms with van der Waals surface area (Å²) in [6.07, 6.45) is 3.49. The van der Waals surface area contributed by atoms with Crippen LogP contribution in [0.2, 0.25) is 0 Å². The first-order valence-electron chi connectivity index (χ1n) is 6.60. The van der Waals surface area contributed by atoms with Crippen LogP contribution in [-0.4, -0.2) is 24.6 Å². The van der Waals surface area contributed by atoms with Crippen molar-refractivity contribution in [1.29, 1.82) is 0 Å². The van der Waals surface area contributed by atoms with Crippen molar-refractivity contribution in [3.8, 4) is 5.69 Å². The molecule has 1 aromatic carbocycles. The van der Waals surface area contributed by atoms with Gasteiger partial charge in [0, 0.05) is 5.92 Å². The maximum Gasteiger partial charge on any atom is 0.131 e. The maximum absolute atomic E-state index is 9.57. The largest absolute Gasteiger partial charge is 0.390 e. The zero-order valence-corrected chi connectivity index (χ0v) is 11.5. The monoisotopic (exact) mass is 268 g/mol. The number of para-hydroxylation sites is 2. The van der Waals surface area contributed by atoms with E-state index in [1.54, 1.807) is 12.5 Å². The number of aromatic nitrogens is 4. The van der Waals surface area contributed by atoms with Crippen LogP contribution in [0.3, 0.4) is 0 Å². The van der Waals surface area contributed by atoms with Gasteiger partial charge < -0.3 is 5.11 Å². The van der Waals surface area contributed by atoms with Crippen molar-refractivity contribution < 1.29 is 5.11 Å². The van der Waals surface area contributed by atoms with Crippen molar-refractivity contribution >= 4 is 11.0 Å². The Labute approximate surface area is 117 Å². The van der Waals surface area contributed by atoms with E-state index in [0.717, 1.165) is 22.5 Å². The number of rotatable bonds is 3. The van der Waals surface area contributed by atoms with Crippen LogP contribution in [0, 0.1) is 0 Å². The summed E-state index contributed by atoms with van der Waals surface area (Å²) >= 11 is 0. The lowest BCUT2D eigenvalue weighted by molar-refractivity contribution is 0.275. The molecule has 0 aliphatic rings. The molecular weight excluding hydrogens is 252 g/mol. The normalized spacial score (nSPS) is 11.4. The van der Waals surface area contributed by atoms with Crippen LogP contribution in [0.5, 0.6) is 0 Å². The van der Waals surface area contributed by atoms with Crippen molar-refractivity contribution in [3.63, 3.8) is 0 Å². The van der Waals surface area contributed by atoms with Crippen molar-refractivity contribution in [2.24, 2.45) is 0 Å². The van der Waals surface area contributed by atoms with E-state index in [9.17, 15) is 5.11 Å². The molecule has 0 saturated carbocycles. The van der Waals surface area contributed by atoms with Crippen LogP contribution >= 0.6 is 0 Å². The quantitative estimate of drug-likeness (QED) is 0.792. The summed E-state index contributed by atoms with van der Waals surface area (Å²) in [7, 11) is 0. The number of imidazole rings is 1. The smallest absolute Gasteiger partial charge is 0.131 e. The third-order valence-electron chi connectivity index (χ3n) is 3.24. The van der Waals surface area contributed by atoms with Gasteiger partial charge in [-0.2, -0.15) is 0 Å². The summed E-state index contributed by atoms with van der Waals surface area (Å²) in [6.45, 7) is 3.94. The van der Waals surface area contributed by atoms with Crippen LogP contribution in [0.4, 0.5) is 0 Å². The summed E-state index contributed by atoms with van der Waals surface area (Å²) in [6, 6.07) is 7.85. The van der Waals surface area contributed by atoms with Gasteiger partial charge in [-0.25, -0.2) is 15.0 Å². The van der Waals surface area contributed by atoms with Gasteiger partial charge in [-0.3, -0.25) is 4.57 Å². The molecule has 5 heteroatoms. The van der Waals surface area contributed by atoms with Crippen LogP contribution in [0.25, 0.3) is 16.7 Å². The molecule has 20 heavy (non-hydrogen) atoms. The molecule has 0 fully saturated rings. The first kappa shape index (κ1) is 12.7. The fraction of sp³-hybridized carbons (Fsp3) is 0.267. The Kier molecular flexibility index (Phi) is 3.20. The summed E-state index contributed by atoms with van der Waals surface area (Å²) < 4.78 is 1.91. The molecule has 0 amide bonds. The molecule has 3 aromatic rings. The number of fused-ring (bicyclic) bond motifs is 1. The third kappa shape index (κ3) is 2.06. The number of aliphatic hydroxyl groups is 1. The van der Waals surface area contributed by atoms with E-state index in [1.807, 2.05) is 42.7 Å². The average Bonchev–Trinajstić information content (AvgIpc) is 2.90. The number of hydrogen-bond acceptors (Lipinski definition) is 4. The van der Waals surface area contributed by atoms with Crippen molar-refractivity contribution in [2.75, 3.05) is 0 Å². The van der Waals surface area contributed by atoms with Crippen molar-refractivity contribution in [1.82, 2.24) is 19.5 Å². The SMILES string of the molecule is CC(C)c1ncc(-n2cnc3ccccc32)c(CO)n1. The Morgan fingerprint density at radius 2 is 2.00 bits per heavy atom. The highest BCUT2D eigenvalue weighted by atomic mass is 16.3. The molecule has 3 rings (SSSR count). The molecule has 0 radical (unpaired) electrons. The van der Waals surface area contributed by atoms with Crippen LogP contribution in [0.15, 0.2) is 36.8 Å². The van der Waals surface area contributed by atoms with E-state index in [1.165, 1.54) is 0 Å². The van der Waals surface area contributed by atoms with Crippen LogP contribution in [-0.2, 0) is 6.61 Å². The van der Waals surface area contributed by atoms with Gasteiger partial charge in [0.1, 0.15) is 12.2 Å². The van der Waals surface area contributed by atoms with Gasteiger partial charge in [0.25, 0.3) is 0 Å². The number of nitrogens with zero attached hydrogens (tertiary/aromatic N) is 4. The molecule has 0 aliphatic carbocycles. The second-order valence-electron chi connectivity index (χ2n) is 4.98. The van der Waals surface area contributed by atoms with Crippen LogP contribution < -0.4 is 0 Å². The number of benzene rings is 1. The first-order valence-corrected chi connectivity index (χ1v) is 6.60. The summed E-state index contributed by atoms with van der Waals surface area (Å²) in [5, 5.41) is 9.57. The van der Waals surface area contributed by atoms with Crippen molar-refractivity contribution in [2.45, 2.75) is 26.4 Å². The summed E-state index contributed by atoms with van der Waals surface area (Å²) in [4.78, 5) is 13.2. The fourth-order valence-electron chi connectivity index (χ4n) is 2.17. The molecule has 0 spiro atoms. The third-order valence-corrected chi connectivity index (χ3v) is 3.24. The standard InChI is InChI=1S/C15H16N4O/c1-10(2)15-16-7-14(12(8-20)18-15)19-9-17-11-5-3-4-6-13(11)19/h3-7,9-10,20H,8H2,1-2H3. The van der Waals surface area contributed by atoms with Gasteiger partial charge in [0.2, 0.25) is 0 Å². The minimum absolute atomic E-state index is 0.121. The van der Waals surface area contributed by atoms with Gasteiger partial charge in [0.15, 0.2) is 0 Å². The molecular formula is C15H16N4O. The molecule has 5 nitrogen and oxygen atoms in total. The number of hydrogen-bond donors (Lipinski definition) is 1. The highest BCUT2D eigenvalue weighted by Crippen LogP contribution is 2.21. The molecule has 0 atom stereocenters. The van der Waals surface area contributed by atoms with Gasteiger partial charge in [-0.1, -0.05) is 26.0 Å². The van der Waals surface area contributed by atoms with Gasteiger partial charge in [-0.15, -0.1) is 0 Å². The van der Waals surface area contributed by atoms with Gasteiger partial charge in [0.05, 0.1) is 35.2 Å². The van der Waals surface area contributed by atoms with Gasteiger partial charge in [-0.05, 0) is 12.1 Å². The fourth-order valence-corrected chi connectivity index (χ4v) is 2.17. The van der Waals surface area contributed by atoms with Crippen LogP contribution in [0.1, 0.15) is 31.3 Å². The predicted octanol–water partition coefficient (Wildman–Crippen LogP) is 2.43. The lowest BCUT2D eigenvalue weighted by Crippen LogP contribution is -2.07. The highest BCUT2D eigenvalue weighted by molar-refractivity contribution is 5.77. The Morgan fingerprint density at radius 1 is 1.20 bits per heavy atom. The molecule has 0 unspecified atom stereocenters. The zero-order chi connectivity index (χ0) is 14.1. The Bertz CT molecular complexity index is 748. The van der Waals surface area contributed by atoms with Gasteiger partial charge >= 0.3 is 0 Å². The maximum atomic E-state index is 9.57. The molecule has 2 heterocycles. The highest BCUT2D eigenvalue weighted by Gasteiger charge is 2.12. The second kappa shape index (κ2) is 5.02. The Morgan fingerprint density at radius 3 is 2.75 bits per heavy atom. The molecule has 102 valence electrons. The second-order valence-corrected chi connectivity index (χ2v) is 4.98. The van der Waals surface area contributed by atoms with E-state index in [2.05, 4.69) is 15.0 Å². The summed E-state index contributed by atoms with van der Waals surface area (Å²) in [5.41, 5.74) is 3.27. The molecule has 0 bridgehead atoms. The minimum Gasteiger partial charge on any atom is -0.390 e. The Hall–Kier alpha value is -2.27. The predicted molar refractivity (Wildman–Crippen MR) is 76.7 cm³/mol. The molecule has 0 aliphatic heterocycles. The molecule has 0 saturated heterocycles. The van der Waals surface area contributed by atoms with E-state index in [4.69, 9.17) is 0 Å².